The fourth-order valence-electron chi connectivity index (χ4n) is 5.24. The van der Waals surface area contributed by atoms with E-state index in [1.807, 2.05) is 79.4 Å². The summed E-state index contributed by atoms with van der Waals surface area (Å²) in [6.45, 7) is 3.94. The summed E-state index contributed by atoms with van der Waals surface area (Å²) >= 11 is 0. The van der Waals surface area contributed by atoms with Crippen molar-refractivity contribution in [1.82, 2.24) is 14.9 Å². The van der Waals surface area contributed by atoms with Gasteiger partial charge in [-0.25, -0.2) is 8.91 Å². The number of anilines is 1. The van der Waals surface area contributed by atoms with Gasteiger partial charge in [-0.15, -0.1) is 0 Å². The zero-order valence-electron chi connectivity index (χ0n) is 22.6. The van der Waals surface area contributed by atoms with Crippen molar-refractivity contribution in [3.05, 3.63) is 113 Å². The first-order valence-corrected chi connectivity index (χ1v) is 13.4. The van der Waals surface area contributed by atoms with Crippen molar-refractivity contribution in [2.75, 3.05) is 11.9 Å². The summed E-state index contributed by atoms with van der Waals surface area (Å²) in [6, 6.07) is 25.7. The summed E-state index contributed by atoms with van der Waals surface area (Å²) in [7, 11) is 1.58. The molecule has 0 spiro atoms. The summed E-state index contributed by atoms with van der Waals surface area (Å²) in [5, 5.41) is 7.46. The number of hydrogen-bond donors (Lipinski definition) is 1. The number of aromatic nitrogens is 2. The maximum atomic E-state index is 13.8. The molecule has 0 bridgehead atoms. The second-order valence-corrected chi connectivity index (χ2v) is 10.3. The molecule has 6 rings (SSSR count). The van der Waals surface area contributed by atoms with E-state index in [-0.39, 0.29) is 23.7 Å². The number of pyridine rings is 1. The first kappa shape index (κ1) is 25.5. The Hall–Kier alpha value is -4.78. The molecule has 0 aliphatic heterocycles. The summed E-state index contributed by atoms with van der Waals surface area (Å²) in [6.07, 6.45) is 1.99. The Kier molecular flexibility index (Phi) is 6.42. The van der Waals surface area contributed by atoms with Gasteiger partial charge in [0.25, 0.3) is 11.8 Å². The molecule has 7 heteroatoms. The highest BCUT2D eigenvalue weighted by atomic mass is 19.1. The lowest BCUT2D eigenvalue weighted by molar-refractivity contribution is 0.0962. The molecule has 2 heterocycles. The van der Waals surface area contributed by atoms with Gasteiger partial charge in [-0.2, -0.15) is 5.10 Å². The molecule has 1 fully saturated rings. The number of para-hydroxylation sites is 1. The van der Waals surface area contributed by atoms with Gasteiger partial charge in [0.1, 0.15) is 11.5 Å². The number of benzene rings is 3. The second-order valence-electron chi connectivity index (χ2n) is 10.3. The number of hydrogen-bond acceptors (Lipinski definition) is 3. The van der Waals surface area contributed by atoms with Crippen LogP contribution in [0.1, 0.15) is 44.8 Å². The Bertz CT molecular complexity index is 1760. The Balaban J connectivity index is 1.47. The van der Waals surface area contributed by atoms with Crippen LogP contribution in [0, 0.1) is 19.7 Å². The predicted octanol–water partition coefficient (Wildman–Crippen LogP) is 6.59. The molecular formula is C33H29FN4O2. The molecular weight excluding hydrogens is 503 g/mol. The van der Waals surface area contributed by atoms with Crippen molar-refractivity contribution in [3.63, 3.8) is 0 Å². The van der Waals surface area contributed by atoms with Gasteiger partial charge >= 0.3 is 0 Å². The van der Waals surface area contributed by atoms with E-state index >= 15 is 0 Å². The van der Waals surface area contributed by atoms with Crippen LogP contribution in [0.5, 0.6) is 0 Å². The number of amides is 2. The molecule has 0 radical (unpaired) electrons. The Morgan fingerprint density at radius 1 is 0.925 bits per heavy atom. The highest BCUT2D eigenvalue weighted by molar-refractivity contribution is 6.08. The van der Waals surface area contributed by atoms with Crippen LogP contribution in [-0.2, 0) is 0 Å². The lowest BCUT2D eigenvalue weighted by Gasteiger charge is -2.23. The van der Waals surface area contributed by atoms with E-state index < -0.39 is 0 Å². The van der Waals surface area contributed by atoms with Crippen molar-refractivity contribution in [1.29, 1.82) is 0 Å². The number of halogens is 1. The van der Waals surface area contributed by atoms with Crippen LogP contribution in [-0.4, -0.2) is 34.5 Å². The Morgan fingerprint density at radius 3 is 2.33 bits per heavy atom. The van der Waals surface area contributed by atoms with Crippen LogP contribution < -0.4 is 10.2 Å². The number of carbonyl (C=O) groups is 2. The first-order valence-electron chi connectivity index (χ1n) is 13.4. The van der Waals surface area contributed by atoms with Crippen LogP contribution >= 0.6 is 0 Å². The molecule has 1 saturated carbocycles. The smallest absolute Gasteiger partial charge is 0.258 e. The quantitative estimate of drug-likeness (QED) is 0.268. The van der Waals surface area contributed by atoms with E-state index in [2.05, 4.69) is 5.32 Å². The third-order valence-electron chi connectivity index (χ3n) is 7.44. The molecule has 1 aliphatic rings. The molecule has 40 heavy (non-hydrogen) atoms. The number of rotatable bonds is 6. The molecule has 2 aromatic heterocycles. The van der Waals surface area contributed by atoms with Crippen LogP contribution in [0.3, 0.4) is 0 Å². The molecule has 3 aromatic carbocycles. The minimum Gasteiger partial charge on any atom is -0.355 e. The van der Waals surface area contributed by atoms with Crippen molar-refractivity contribution < 1.29 is 14.0 Å². The first-order chi connectivity index (χ1) is 19.4. The molecule has 0 saturated heterocycles. The molecule has 1 aliphatic carbocycles. The van der Waals surface area contributed by atoms with Gasteiger partial charge < -0.3 is 10.2 Å². The summed E-state index contributed by atoms with van der Waals surface area (Å²) in [5.41, 5.74) is 7.30. The molecule has 1 N–H and O–H groups in total. The number of nitrogens with one attached hydrogen (secondary N) is 1. The lowest BCUT2D eigenvalue weighted by atomic mass is 9.96. The van der Waals surface area contributed by atoms with E-state index in [1.165, 1.54) is 12.1 Å². The maximum absolute atomic E-state index is 13.8. The van der Waals surface area contributed by atoms with Crippen molar-refractivity contribution in [3.8, 4) is 22.4 Å². The highest BCUT2D eigenvalue weighted by Crippen LogP contribution is 2.35. The van der Waals surface area contributed by atoms with Gasteiger partial charge in [0.15, 0.2) is 0 Å². The zero-order chi connectivity index (χ0) is 28.0. The third kappa shape index (κ3) is 4.53. The van der Waals surface area contributed by atoms with Crippen LogP contribution in [0.15, 0.2) is 84.9 Å². The summed E-state index contributed by atoms with van der Waals surface area (Å²) in [4.78, 5) is 28.8. The standard InChI is InChI=1S/C33H29FN4O2/c1-20-9-10-23(33(40)37(27-15-16-27)26-7-5-4-6-8-26)18-28(20)24-17-21(2)38-29(19-24)30(32(39)35-3)31(36-38)22-11-13-25(34)14-12-22/h4-14,17-19,27H,15-16H2,1-3H3,(H,35,39). The largest absolute Gasteiger partial charge is 0.355 e. The predicted molar refractivity (Wildman–Crippen MR) is 155 cm³/mol. The van der Waals surface area contributed by atoms with Gasteiger partial charge in [-0.3, -0.25) is 9.59 Å². The fraction of sp³-hybridized carbons (Fsp3) is 0.182. The van der Waals surface area contributed by atoms with E-state index in [0.717, 1.165) is 40.9 Å². The zero-order valence-corrected chi connectivity index (χ0v) is 22.6. The number of carbonyl (C=O) groups excluding carboxylic acids is 2. The monoisotopic (exact) mass is 532 g/mol. The minimum absolute atomic E-state index is 0.0262. The van der Waals surface area contributed by atoms with Gasteiger partial charge in [0, 0.05) is 35.6 Å². The van der Waals surface area contributed by atoms with Crippen LogP contribution in [0.2, 0.25) is 0 Å². The number of fused-ring (bicyclic) bond motifs is 1. The van der Waals surface area contributed by atoms with Crippen LogP contribution in [0.4, 0.5) is 10.1 Å². The molecule has 200 valence electrons. The number of nitrogens with zero attached hydrogens (tertiary/aromatic N) is 3. The second kappa shape index (κ2) is 10.1. The normalized spacial score (nSPS) is 12.9. The molecule has 0 atom stereocenters. The molecule has 2 amide bonds. The highest BCUT2D eigenvalue weighted by Gasteiger charge is 2.34. The SMILES string of the molecule is CNC(=O)c1c(-c2ccc(F)cc2)nn2c(C)cc(-c3cc(C(=O)N(c4ccccc4)C4CC4)ccc3C)cc12. The van der Waals surface area contributed by atoms with E-state index in [9.17, 15) is 14.0 Å². The minimum atomic E-state index is -0.357. The topological polar surface area (TPSA) is 66.7 Å². The van der Waals surface area contributed by atoms with E-state index in [4.69, 9.17) is 5.10 Å². The van der Waals surface area contributed by atoms with E-state index in [1.54, 1.807) is 23.7 Å². The van der Waals surface area contributed by atoms with Gasteiger partial charge in [0.2, 0.25) is 0 Å². The van der Waals surface area contributed by atoms with E-state index in [0.29, 0.717) is 27.9 Å². The average molecular weight is 533 g/mol. The average Bonchev–Trinajstić information content (AvgIpc) is 3.72. The van der Waals surface area contributed by atoms with Crippen molar-refractivity contribution in [2.24, 2.45) is 0 Å². The molecule has 5 aromatic rings. The Morgan fingerprint density at radius 2 is 1.65 bits per heavy atom. The summed E-state index contributed by atoms with van der Waals surface area (Å²) in [5.74, 6) is -0.666. The van der Waals surface area contributed by atoms with Gasteiger partial charge in [-0.1, -0.05) is 24.3 Å². The van der Waals surface area contributed by atoms with Crippen molar-refractivity contribution >= 4 is 23.0 Å². The van der Waals surface area contributed by atoms with Gasteiger partial charge in [0.05, 0.1) is 11.1 Å². The molecule has 0 unspecified atom stereocenters. The van der Waals surface area contributed by atoms with Crippen molar-refractivity contribution in [2.45, 2.75) is 32.7 Å². The Labute approximate surface area is 232 Å². The lowest BCUT2D eigenvalue weighted by Crippen LogP contribution is -2.33. The third-order valence-corrected chi connectivity index (χ3v) is 7.44. The van der Waals surface area contributed by atoms with Crippen LogP contribution in [0.25, 0.3) is 27.9 Å². The number of aryl methyl sites for hydroxylation is 2. The maximum Gasteiger partial charge on any atom is 0.258 e. The fourth-order valence-corrected chi connectivity index (χ4v) is 5.24. The van der Waals surface area contributed by atoms with Gasteiger partial charge in [-0.05, 0) is 104 Å². The molecule has 6 nitrogen and oxygen atoms in total. The summed E-state index contributed by atoms with van der Waals surface area (Å²) < 4.78 is 15.4.